The van der Waals surface area contributed by atoms with Crippen molar-refractivity contribution in [1.82, 2.24) is 4.98 Å². The van der Waals surface area contributed by atoms with Gasteiger partial charge in [0.1, 0.15) is 11.9 Å². The van der Waals surface area contributed by atoms with Crippen LogP contribution in [0.5, 0.6) is 0 Å². The van der Waals surface area contributed by atoms with Crippen LogP contribution in [0.25, 0.3) is 17.2 Å². The number of hydrogen-bond acceptors (Lipinski definition) is 5. The van der Waals surface area contributed by atoms with Crippen LogP contribution in [0.2, 0.25) is 0 Å². The quantitative estimate of drug-likeness (QED) is 0.270. The number of allylic oxidation sites excluding steroid dienone is 1. The van der Waals surface area contributed by atoms with Gasteiger partial charge < -0.3 is 9.47 Å². The molecule has 0 N–H and O–H groups in total. The van der Waals surface area contributed by atoms with Crippen molar-refractivity contribution in [3.8, 4) is 24.0 Å². The van der Waals surface area contributed by atoms with Crippen molar-refractivity contribution in [3.63, 3.8) is 0 Å². The molecule has 2 heterocycles. The van der Waals surface area contributed by atoms with Crippen molar-refractivity contribution in [1.29, 1.82) is 0 Å². The maximum atomic E-state index is 13.5. The predicted molar refractivity (Wildman–Crippen MR) is 142 cm³/mol. The highest BCUT2D eigenvalue weighted by atomic mass is 19.1. The van der Waals surface area contributed by atoms with Gasteiger partial charge in [-0.2, -0.15) is 0 Å². The average molecular weight is 506 g/mol. The fourth-order valence-corrected chi connectivity index (χ4v) is 6.21. The number of cyclic esters (lactones) is 1. The highest BCUT2D eigenvalue weighted by molar-refractivity contribution is 5.75. The number of nitrogens with zero attached hydrogens (tertiary/aromatic N) is 1. The lowest BCUT2D eigenvalue weighted by molar-refractivity contribution is -0.144. The molecule has 6 atom stereocenters. The second-order valence-electron chi connectivity index (χ2n) is 9.74. The maximum Gasteiger partial charge on any atom is 0.309 e. The van der Waals surface area contributed by atoms with E-state index in [0.29, 0.717) is 30.8 Å². The number of ether oxygens (including phenoxy) is 2. The monoisotopic (exact) mass is 505 g/mol. The van der Waals surface area contributed by atoms with E-state index < -0.39 is 0 Å². The summed E-state index contributed by atoms with van der Waals surface area (Å²) in [4.78, 5) is 26.2. The Bertz CT molecular complexity index is 1080. The smallest absolute Gasteiger partial charge is 0.309 e. The molecule has 0 spiro atoms. The summed E-state index contributed by atoms with van der Waals surface area (Å²) >= 11 is 0. The van der Waals surface area contributed by atoms with Gasteiger partial charge in [-0.3, -0.25) is 14.6 Å². The van der Waals surface area contributed by atoms with Crippen LogP contribution in [0.1, 0.15) is 51.6 Å². The molecule has 0 bridgehead atoms. The number of carbonyl (C=O) groups excluding carboxylic acids is 2. The molecular weight excluding hydrogens is 469 g/mol. The molecule has 5 nitrogen and oxygen atoms in total. The van der Waals surface area contributed by atoms with Crippen molar-refractivity contribution in [2.75, 3.05) is 6.61 Å². The average Bonchev–Trinajstić information content (AvgIpc) is 3.21. The van der Waals surface area contributed by atoms with E-state index in [9.17, 15) is 14.0 Å². The normalized spacial score (nSPS) is 27.9. The zero-order chi connectivity index (χ0) is 26.8. The highest BCUT2D eigenvalue weighted by Gasteiger charge is 2.53. The third kappa shape index (κ3) is 6.85. The van der Waals surface area contributed by atoms with Crippen molar-refractivity contribution in [2.45, 2.75) is 52.1 Å². The van der Waals surface area contributed by atoms with Crippen LogP contribution in [0, 0.1) is 48.3 Å². The second-order valence-corrected chi connectivity index (χ2v) is 9.74. The molecule has 0 amide bonds. The molecule has 1 aromatic carbocycles. The molecule has 2 aliphatic carbocycles. The van der Waals surface area contributed by atoms with Crippen LogP contribution in [-0.4, -0.2) is 30.1 Å². The molecule has 3 fully saturated rings. The lowest BCUT2D eigenvalue weighted by atomic mass is 9.57. The van der Waals surface area contributed by atoms with Crippen LogP contribution in [0.15, 0.2) is 48.7 Å². The fraction of sp³-hybridized carbons (Fsp3) is 0.452. The van der Waals surface area contributed by atoms with Crippen LogP contribution in [0.4, 0.5) is 4.39 Å². The number of rotatable bonds is 5. The molecule has 1 aliphatic heterocycles. The topological polar surface area (TPSA) is 65.5 Å². The van der Waals surface area contributed by atoms with Gasteiger partial charge in [0.05, 0.1) is 18.2 Å². The van der Waals surface area contributed by atoms with Gasteiger partial charge in [-0.25, -0.2) is 4.39 Å². The minimum absolute atomic E-state index is 0.00694. The van der Waals surface area contributed by atoms with E-state index >= 15 is 0 Å². The molecule has 2 saturated carbocycles. The first-order chi connectivity index (χ1) is 18.0. The molecule has 196 valence electrons. The summed E-state index contributed by atoms with van der Waals surface area (Å²) < 4.78 is 23.3. The Morgan fingerprint density at radius 2 is 1.95 bits per heavy atom. The molecule has 1 aromatic heterocycles. The number of esters is 1. The maximum absolute atomic E-state index is 13.5. The van der Waals surface area contributed by atoms with E-state index in [2.05, 4.69) is 41.6 Å². The number of terminal acetylenes is 1. The van der Waals surface area contributed by atoms with Gasteiger partial charge in [0.15, 0.2) is 0 Å². The second kappa shape index (κ2) is 13.7. The van der Waals surface area contributed by atoms with Crippen molar-refractivity contribution in [2.24, 2.45) is 29.6 Å². The van der Waals surface area contributed by atoms with E-state index in [1.54, 1.807) is 19.2 Å². The number of pyridine rings is 1. The molecule has 2 unspecified atom stereocenters. The van der Waals surface area contributed by atoms with Crippen molar-refractivity contribution >= 4 is 18.5 Å². The SMILES string of the molecule is C#C.CCOC=O.C[C@H]1OC(=O)C2C[C@H]3CCCC[C@H]3[C@H](/C=C/c3ccc(-c4cccc(F)c4)cn3)C21. The Morgan fingerprint density at radius 1 is 1.16 bits per heavy atom. The van der Waals surface area contributed by atoms with Gasteiger partial charge >= 0.3 is 5.97 Å². The van der Waals surface area contributed by atoms with Crippen LogP contribution in [-0.2, 0) is 19.1 Å². The first kappa shape index (κ1) is 28.1. The first-order valence-corrected chi connectivity index (χ1v) is 13.0. The minimum atomic E-state index is -0.243. The Labute approximate surface area is 219 Å². The van der Waals surface area contributed by atoms with Gasteiger partial charge in [-0.1, -0.05) is 43.5 Å². The number of hydrogen-bond donors (Lipinski definition) is 0. The highest BCUT2D eigenvalue weighted by Crippen LogP contribution is 2.53. The number of carbonyl (C=O) groups is 2. The van der Waals surface area contributed by atoms with Crippen molar-refractivity contribution in [3.05, 3.63) is 60.2 Å². The number of halogens is 1. The largest absolute Gasteiger partial charge is 0.468 e. The van der Waals surface area contributed by atoms with Crippen LogP contribution >= 0.6 is 0 Å². The summed E-state index contributed by atoms with van der Waals surface area (Å²) in [5.41, 5.74) is 2.62. The van der Waals surface area contributed by atoms with E-state index in [1.165, 1.54) is 37.8 Å². The molecule has 37 heavy (non-hydrogen) atoms. The third-order valence-corrected chi connectivity index (χ3v) is 7.74. The van der Waals surface area contributed by atoms with E-state index in [1.807, 2.05) is 18.2 Å². The standard InChI is InChI=1S/C26H28FNO2.C3H6O2.C2H2/c1-16-25-23(22-8-3-2-5-18(22)14-24(25)26(29)30-16)12-11-21-10-9-19(15-28-21)17-6-4-7-20(27)13-17;1-2-5-3-4;1-2/h4,6-7,9-13,15-16,18,22-25H,2-3,5,8,14H2,1H3;3H,2H2,1H3;1-2H/b12-11+;;/t16-,18-,22-,23+,24?,25?;;/m1../s1. The van der Waals surface area contributed by atoms with E-state index in [-0.39, 0.29) is 29.7 Å². The summed E-state index contributed by atoms with van der Waals surface area (Å²) in [5, 5.41) is 0. The number of benzene rings is 1. The van der Waals surface area contributed by atoms with E-state index in [4.69, 9.17) is 4.74 Å². The predicted octanol–water partition coefficient (Wildman–Crippen LogP) is 6.33. The summed E-state index contributed by atoms with van der Waals surface area (Å²) in [6.45, 7) is 4.72. The molecular formula is C31H36FNO4. The zero-order valence-corrected chi connectivity index (χ0v) is 21.6. The van der Waals surface area contributed by atoms with Gasteiger partial charge in [0.25, 0.3) is 6.47 Å². The number of fused-ring (bicyclic) bond motifs is 2. The Hall–Kier alpha value is -3.46. The van der Waals surface area contributed by atoms with Gasteiger partial charge in [0.2, 0.25) is 0 Å². The summed E-state index contributed by atoms with van der Waals surface area (Å²) in [6, 6.07) is 10.5. The summed E-state index contributed by atoms with van der Waals surface area (Å²) in [6.07, 6.45) is 20.2. The molecule has 2 aromatic rings. The lowest BCUT2D eigenvalue weighted by Gasteiger charge is -2.45. The minimum Gasteiger partial charge on any atom is -0.468 e. The van der Waals surface area contributed by atoms with Gasteiger partial charge in [-0.05, 0) is 74.3 Å². The van der Waals surface area contributed by atoms with Crippen molar-refractivity contribution < 1.29 is 23.5 Å². The Balaban J connectivity index is 0.000000489. The van der Waals surface area contributed by atoms with Crippen LogP contribution in [0.3, 0.4) is 0 Å². The molecule has 6 heteroatoms. The summed E-state index contributed by atoms with van der Waals surface area (Å²) in [7, 11) is 0. The lowest BCUT2D eigenvalue weighted by Crippen LogP contribution is -2.42. The Kier molecular flexibility index (Phi) is 10.4. The number of aromatic nitrogens is 1. The molecule has 3 aliphatic rings. The molecule has 5 rings (SSSR count). The van der Waals surface area contributed by atoms with E-state index in [0.717, 1.165) is 23.2 Å². The third-order valence-electron chi connectivity index (χ3n) is 7.74. The Morgan fingerprint density at radius 3 is 2.59 bits per heavy atom. The van der Waals surface area contributed by atoms with Crippen LogP contribution < -0.4 is 0 Å². The summed E-state index contributed by atoms with van der Waals surface area (Å²) in [5.74, 6) is 1.73. The van der Waals surface area contributed by atoms with Gasteiger partial charge in [-0.15, -0.1) is 12.8 Å². The zero-order valence-electron chi connectivity index (χ0n) is 21.6. The molecule has 1 saturated heterocycles. The first-order valence-electron chi connectivity index (χ1n) is 13.0. The van der Waals surface area contributed by atoms with Gasteiger partial charge in [0, 0.05) is 17.7 Å². The molecule has 0 radical (unpaired) electrons. The fourth-order valence-electron chi connectivity index (χ4n) is 6.21.